The Morgan fingerprint density at radius 2 is 2.35 bits per heavy atom. The average molecular weight is 393 g/mol. The minimum atomic E-state index is 0. The summed E-state index contributed by atoms with van der Waals surface area (Å²) in [5.74, 6) is 1.73. The van der Waals surface area contributed by atoms with Crippen molar-refractivity contribution in [2.75, 3.05) is 32.8 Å². The smallest absolute Gasteiger partial charge is 0.191 e. The van der Waals surface area contributed by atoms with Gasteiger partial charge in [0.05, 0.1) is 19.4 Å². The van der Waals surface area contributed by atoms with Crippen LogP contribution in [0.15, 0.2) is 40.5 Å². The third kappa shape index (κ3) is 8.98. The standard InChI is InChI=1S/C14H23N3O2.HI/c1-3-8-15-14(17-10-12-18-4-2)16-9-7-13-6-5-11-19-13;/h3,5-6,11H,1,4,7-10,12H2,2H3,(H2,15,16,17);1H. The van der Waals surface area contributed by atoms with Crippen molar-refractivity contribution in [2.24, 2.45) is 4.99 Å². The van der Waals surface area contributed by atoms with Crippen LogP contribution in [0.3, 0.4) is 0 Å². The Morgan fingerprint density at radius 1 is 1.50 bits per heavy atom. The van der Waals surface area contributed by atoms with Crippen molar-refractivity contribution in [3.8, 4) is 0 Å². The highest BCUT2D eigenvalue weighted by Gasteiger charge is 1.99. The fourth-order valence-corrected chi connectivity index (χ4v) is 1.47. The van der Waals surface area contributed by atoms with E-state index in [1.54, 1.807) is 12.3 Å². The summed E-state index contributed by atoms with van der Waals surface area (Å²) < 4.78 is 10.5. The monoisotopic (exact) mass is 393 g/mol. The van der Waals surface area contributed by atoms with Gasteiger partial charge in [0.2, 0.25) is 0 Å². The first-order chi connectivity index (χ1) is 9.36. The summed E-state index contributed by atoms with van der Waals surface area (Å²) in [6.07, 6.45) is 4.31. The molecule has 6 heteroatoms. The van der Waals surface area contributed by atoms with Gasteiger partial charge in [0.1, 0.15) is 5.76 Å². The summed E-state index contributed by atoms with van der Waals surface area (Å²) >= 11 is 0. The number of rotatable bonds is 9. The Bertz CT molecular complexity index is 367. The third-order valence-corrected chi connectivity index (χ3v) is 2.37. The SMILES string of the molecule is C=CCNC(=NCCOCC)NCCc1ccco1.I. The first-order valence-electron chi connectivity index (χ1n) is 6.60. The summed E-state index contributed by atoms with van der Waals surface area (Å²) in [6, 6.07) is 3.85. The molecule has 0 aliphatic carbocycles. The molecule has 1 heterocycles. The van der Waals surface area contributed by atoms with Crippen LogP contribution in [0, 0.1) is 0 Å². The van der Waals surface area contributed by atoms with E-state index in [9.17, 15) is 0 Å². The molecule has 0 aromatic carbocycles. The number of aliphatic imine (C=N–C) groups is 1. The average Bonchev–Trinajstić information content (AvgIpc) is 2.93. The molecular weight excluding hydrogens is 369 g/mol. The molecule has 2 N–H and O–H groups in total. The first-order valence-corrected chi connectivity index (χ1v) is 6.60. The van der Waals surface area contributed by atoms with Crippen LogP contribution < -0.4 is 10.6 Å². The molecule has 20 heavy (non-hydrogen) atoms. The second-order valence-electron chi connectivity index (χ2n) is 3.85. The maximum absolute atomic E-state index is 5.27. The summed E-state index contributed by atoms with van der Waals surface area (Å²) in [5, 5.41) is 6.41. The van der Waals surface area contributed by atoms with Gasteiger partial charge >= 0.3 is 0 Å². The molecule has 0 unspecified atom stereocenters. The van der Waals surface area contributed by atoms with Gasteiger partial charge in [0, 0.05) is 26.1 Å². The Balaban J connectivity index is 0.00000361. The van der Waals surface area contributed by atoms with E-state index in [0.29, 0.717) is 19.7 Å². The number of ether oxygens (including phenoxy) is 1. The van der Waals surface area contributed by atoms with Crippen LogP contribution in [0.4, 0.5) is 0 Å². The summed E-state index contributed by atoms with van der Waals surface area (Å²) in [5.41, 5.74) is 0. The van der Waals surface area contributed by atoms with Crippen molar-refractivity contribution in [1.29, 1.82) is 0 Å². The van der Waals surface area contributed by atoms with Crippen LogP contribution in [0.5, 0.6) is 0 Å². The van der Waals surface area contributed by atoms with Crippen molar-refractivity contribution < 1.29 is 9.15 Å². The van der Waals surface area contributed by atoms with E-state index in [0.717, 1.165) is 31.3 Å². The molecule has 0 spiro atoms. The summed E-state index contributed by atoms with van der Waals surface area (Å²) in [4.78, 5) is 4.41. The van der Waals surface area contributed by atoms with Crippen LogP contribution >= 0.6 is 24.0 Å². The van der Waals surface area contributed by atoms with Gasteiger partial charge in [-0.15, -0.1) is 30.6 Å². The Kier molecular flexibility index (Phi) is 12.3. The third-order valence-electron chi connectivity index (χ3n) is 2.37. The second kappa shape index (κ2) is 13.0. The lowest BCUT2D eigenvalue weighted by atomic mass is 10.3. The zero-order valence-electron chi connectivity index (χ0n) is 11.9. The molecule has 0 saturated heterocycles. The van der Waals surface area contributed by atoms with E-state index in [2.05, 4.69) is 22.2 Å². The fraction of sp³-hybridized carbons (Fsp3) is 0.500. The van der Waals surface area contributed by atoms with Gasteiger partial charge in [-0.05, 0) is 19.1 Å². The van der Waals surface area contributed by atoms with E-state index >= 15 is 0 Å². The first kappa shape index (κ1) is 19.0. The van der Waals surface area contributed by atoms with E-state index in [1.807, 2.05) is 19.1 Å². The second-order valence-corrected chi connectivity index (χ2v) is 3.85. The molecule has 114 valence electrons. The largest absolute Gasteiger partial charge is 0.469 e. The molecule has 0 aliphatic heterocycles. The lowest BCUT2D eigenvalue weighted by molar-refractivity contribution is 0.155. The van der Waals surface area contributed by atoms with Gasteiger partial charge in [-0.2, -0.15) is 0 Å². The molecule has 0 bridgehead atoms. The van der Waals surface area contributed by atoms with Gasteiger partial charge in [-0.3, -0.25) is 4.99 Å². The van der Waals surface area contributed by atoms with Gasteiger partial charge in [0.15, 0.2) is 5.96 Å². The molecule has 0 saturated carbocycles. The van der Waals surface area contributed by atoms with Gasteiger partial charge in [0.25, 0.3) is 0 Å². The maximum Gasteiger partial charge on any atom is 0.191 e. The molecule has 0 aliphatic rings. The predicted molar refractivity (Wildman–Crippen MR) is 92.8 cm³/mol. The minimum Gasteiger partial charge on any atom is -0.469 e. The Labute approximate surface area is 137 Å². The topological polar surface area (TPSA) is 58.8 Å². The highest BCUT2D eigenvalue weighted by Crippen LogP contribution is 1.99. The summed E-state index contributed by atoms with van der Waals surface area (Å²) in [6.45, 7) is 9.10. The van der Waals surface area contributed by atoms with Crippen molar-refractivity contribution >= 4 is 29.9 Å². The van der Waals surface area contributed by atoms with Crippen LogP contribution in [0.2, 0.25) is 0 Å². The van der Waals surface area contributed by atoms with Crippen LogP contribution in [0.1, 0.15) is 12.7 Å². The highest BCUT2D eigenvalue weighted by molar-refractivity contribution is 14.0. The molecule has 5 nitrogen and oxygen atoms in total. The van der Waals surface area contributed by atoms with Crippen LogP contribution in [-0.2, 0) is 11.2 Å². The number of furan rings is 1. The summed E-state index contributed by atoms with van der Waals surface area (Å²) in [7, 11) is 0. The Hall–Kier alpha value is -1.02. The number of nitrogens with zero attached hydrogens (tertiary/aromatic N) is 1. The number of guanidine groups is 1. The molecule has 0 fully saturated rings. The number of nitrogens with one attached hydrogen (secondary N) is 2. The lowest BCUT2D eigenvalue weighted by Gasteiger charge is -2.10. The zero-order chi connectivity index (χ0) is 13.8. The van der Waals surface area contributed by atoms with Crippen LogP contribution in [0.25, 0.3) is 0 Å². The predicted octanol–water partition coefficient (Wildman–Crippen LogP) is 2.20. The van der Waals surface area contributed by atoms with Gasteiger partial charge in [-0.1, -0.05) is 6.08 Å². The number of hydrogen-bond acceptors (Lipinski definition) is 3. The van der Waals surface area contributed by atoms with E-state index in [4.69, 9.17) is 9.15 Å². The Morgan fingerprint density at radius 3 is 3.00 bits per heavy atom. The molecule has 0 radical (unpaired) electrons. The molecular formula is C14H24IN3O2. The van der Waals surface area contributed by atoms with Crippen molar-refractivity contribution in [3.63, 3.8) is 0 Å². The molecule has 0 atom stereocenters. The highest BCUT2D eigenvalue weighted by atomic mass is 127. The number of halogens is 1. The number of hydrogen-bond donors (Lipinski definition) is 2. The van der Waals surface area contributed by atoms with E-state index < -0.39 is 0 Å². The zero-order valence-corrected chi connectivity index (χ0v) is 14.3. The lowest BCUT2D eigenvalue weighted by Crippen LogP contribution is -2.38. The van der Waals surface area contributed by atoms with E-state index in [-0.39, 0.29) is 24.0 Å². The molecule has 1 rings (SSSR count). The fourth-order valence-electron chi connectivity index (χ4n) is 1.47. The molecule has 1 aromatic heterocycles. The quantitative estimate of drug-likeness (QED) is 0.222. The molecule has 0 amide bonds. The van der Waals surface area contributed by atoms with Crippen molar-refractivity contribution in [2.45, 2.75) is 13.3 Å². The van der Waals surface area contributed by atoms with Crippen LogP contribution in [-0.4, -0.2) is 38.8 Å². The minimum absolute atomic E-state index is 0. The van der Waals surface area contributed by atoms with Crippen molar-refractivity contribution in [1.82, 2.24) is 10.6 Å². The molecule has 1 aromatic rings. The van der Waals surface area contributed by atoms with Gasteiger partial charge in [-0.25, -0.2) is 0 Å². The van der Waals surface area contributed by atoms with Crippen molar-refractivity contribution in [3.05, 3.63) is 36.8 Å². The van der Waals surface area contributed by atoms with Gasteiger partial charge < -0.3 is 19.8 Å². The normalized spacial score (nSPS) is 10.8. The van der Waals surface area contributed by atoms with E-state index in [1.165, 1.54) is 0 Å². The maximum atomic E-state index is 5.27.